The van der Waals surface area contributed by atoms with Crippen LogP contribution in [-0.2, 0) is 0 Å². The average Bonchev–Trinajstić information content (AvgIpc) is 2.97. The van der Waals surface area contributed by atoms with Crippen molar-refractivity contribution in [1.82, 2.24) is 5.32 Å². The Bertz CT molecular complexity index is 546. The van der Waals surface area contributed by atoms with E-state index in [-0.39, 0.29) is 6.04 Å². The Hall–Kier alpha value is -1.74. The first-order chi connectivity index (χ1) is 10.1. The predicted octanol–water partition coefficient (Wildman–Crippen LogP) is 4.44. The van der Waals surface area contributed by atoms with Gasteiger partial charge in [-0.25, -0.2) is 0 Å². The minimum Gasteiger partial charge on any atom is -0.492 e. The van der Waals surface area contributed by atoms with E-state index in [4.69, 9.17) is 9.15 Å². The van der Waals surface area contributed by atoms with Gasteiger partial charge in [-0.05, 0) is 55.2 Å². The highest BCUT2D eigenvalue weighted by molar-refractivity contribution is 5.35. The maximum atomic E-state index is 5.85. The normalized spacial score (nSPS) is 12.6. The van der Waals surface area contributed by atoms with Gasteiger partial charge in [-0.15, -0.1) is 0 Å². The van der Waals surface area contributed by atoms with Gasteiger partial charge in [-0.2, -0.15) is 0 Å². The zero-order valence-corrected chi connectivity index (χ0v) is 13.3. The summed E-state index contributed by atoms with van der Waals surface area (Å²) in [6.45, 7) is 10.0. The summed E-state index contributed by atoms with van der Waals surface area (Å²) in [4.78, 5) is 0. The minimum atomic E-state index is 0.201. The number of ether oxygens (including phenoxy) is 1. The van der Waals surface area contributed by atoms with Crippen molar-refractivity contribution in [1.29, 1.82) is 0 Å². The van der Waals surface area contributed by atoms with Gasteiger partial charge >= 0.3 is 0 Å². The smallest absolute Gasteiger partial charge is 0.120 e. The monoisotopic (exact) mass is 287 g/mol. The van der Waals surface area contributed by atoms with Crippen LogP contribution in [0, 0.1) is 6.92 Å². The summed E-state index contributed by atoms with van der Waals surface area (Å²) in [5, 5.41) is 3.39. The van der Waals surface area contributed by atoms with E-state index < -0.39 is 0 Å². The summed E-state index contributed by atoms with van der Waals surface area (Å²) < 4.78 is 11.2. The molecule has 0 saturated heterocycles. The third-order valence-electron chi connectivity index (χ3n) is 3.53. The summed E-state index contributed by atoms with van der Waals surface area (Å²) in [5.41, 5.74) is 2.56. The molecule has 1 aromatic heterocycles. The molecule has 1 aromatic carbocycles. The molecule has 2 aromatic rings. The van der Waals surface area contributed by atoms with Crippen molar-refractivity contribution in [3.05, 3.63) is 53.5 Å². The summed E-state index contributed by atoms with van der Waals surface area (Å²) in [6.07, 6.45) is 1.70. The van der Waals surface area contributed by atoms with Gasteiger partial charge in [0, 0.05) is 6.54 Å². The van der Waals surface area contributed by atoms with Crippen molar-refractivity contribution < 1.29 is 9.15 Å². The number of aryl methyl sites for hydroxylation is 1. The molecule has 1 N–H and O–H groups in total. The Morgan fingerprint density at radius 1 is 1.19 bits per heavy atom. The van der Waals surface area contributed by atoms with E-state index >= 15 is 0 Å². The molecule has 0 bridgehead atoms. The SMILES string of the molecule is Cc1cc(OCCNC(C)c2ccco2)cc(C(C)C)c1. The lowest BCUT2D eigenvalue weighted by atomic mass is 10.0. The number of hydrogen-bond acceptors (Lipinski definition) is 3. The van der Waals surface area contributed by atoms with Crippen molar-refractivity contribution >= 4 is 0 Å². The van der Waals surface area contributed by atoms with E-state index in [0.29, 0.717) is 12.5 Å². The first-order valence-electron chi connectivity index (χ1n) is 7.57. The summed E-state index contributed by atoms with van der Waals surface area (Å²) in [5.74, 6) is 2.42. The van der Waals surface area contributed by atoms with Crippen LogP contribution in [0.2, 0.25) is 0 Å². The third kappa shape index (κ3) is 4.64. The van der Waals surface area contributed by atoms with Gasteiger partial charge < -0.3 is 14.5 Å². The summed E-state index contributed by atoms with van der Waals surface area (Å²) in [6, 6.07) is 10.5. The second-order valence-corrected chi connectivity index (χ2v) is 5.77. The van der Waals surface area contributed by atoms with Crippen LogP contribution in [0.3, 0.4) is 0 Å². The van der Waals surface area contributed by atoms with Gasteiger partial charge in [0.1, 0.15) is 18.1 Å². The quantitative estimate of drug-likeness (QED) is 0.764. The number of nitrogens with one attached hydrogen (secondary N) is 1. The van der Waals surface area contributed by atoms with Gasteiger partial charge in [0.25, 0.3) is 0 Å². The topological polar surface area (TPSA) is 34.4 Å². The van der Waals surface area contributed by atoms with E-state index in [9.17, 15) is 0 Å². The van der Waals surface area contributed by atoms with Gasteiger partial charge in [-0.1, -0.05) is 19.9 Å². The predicted molar refractivity (Wildman–Crippen MR) is 85.9 cm³/mol. The van der Waals surface area contributed by atoms with Crippen LogP contribution in [0.25, 0.3) is 0 Å². The van der Waals surface area contributed by atoms with Crippen LogP contribution < -0.4 is 10.1 Å². The largest absolute Gasteiger partial charge is 0.492 e. The lowest BCUT2D eigenvalue weighted by molar-refractivity contribution is 0.301. The molecule has 1 unspecified atom stereocenters. The van der Waals surface area contributed by atoms with E-state index in [1.54, 1.807) is 6.26 Å². The van der Waals surface area contributed by atoms with Gasteiger partial charge in [0.2, 0.25) is 0 Å². The summed E-state index contributed by atoms with van der Waals surface area (Å²) >= 11 is 0. The second-order valence-electron chi connectivity index (χ2n) is 5.77. The molecule has 1 atom stereocenters. The van der Waals surface area contributed by atoms with Crippen molar-refractivity contribution in [2.24, 2.45) is 0 Å². The Balaban J connectivity index is 1.81. The Labute approximate surface area is 127 Å². The highest BCUT2D eigenvalue weighted by Crippen LogP contribution is 2.22. The van der Waals surface area contributed by atoms with Gasteiger partial charge in [-0.3, -0.25) is 0 Å². The van der Waals surface area contributed by atoms with Crippen LogP contribution in [0.15, 0.2) is 41.0 Å². The molecule has 2 rings (SSSR count). The fraction of sp³-hybridized carbons (Fsp3) is 0.444. The number of furan rings is 1. The van der Waals surface area contributed by atoms with E-state index in [1.165, 1.54) is 11.1 Å². The molecule has 3 nitrogen and oxygen atoms in total. The molecule has 0 aliphatic carbocycles. The lowest BCUT2D eigenvalue weighted by Crippen LogP contribution is -2.24. The van der Waals surface area contributed by atoms with Crippen molar-refractivity contribution in [2.45, 2.75) is 39.7 Å². The number of benzene rings is 1. The highest BCUT2D eigenvalue weighted by Gasteiger charge is 2.07. The Morgan fingerprint density at radius 3 is 2.67 bits per heavy atom. The van der Waals surface area contributed by atoms with Crippen LogP contribution >= 0.6 is 0 Å². The minimum absolute atomic E-state index is 0.201. The fourth-order valence-corrected chi connectivity index (χ4v) is 2.28. The maximum absolute atomic E-state index is 5.85. The molecular weight excluding hydrogens is 262 g/mol. The van der Waals surface area contributed by atoms with Gasteiger partial charge in [0.15, 0.2) is 0 Å². The van der Waals surface area contributed by atoms with Crippen molar-refractivity contribution in [3.63, 3.8) is 0 Å². The molecule has 1 heterocycles. The molecule has 0 fully saturated rings. The zero-order valence-electron chi connectivity index (χ0n) is 13.3. The Kier molecular flexibility index (Phi) is 5.45. The molecule has 0 radical (unpaired) electrons. The van der Waals surface area contributed by atoms with Crippen molar-refractivity contribution in [3.8, 4) is 5.75 Å². The fourth-order valence-electron chi connectivity index (χ4n) is 2.28. The molecule has 0 amide bonds. The molecule has 114 valence electrons. The molecule has 0 aliphatic heterocycles. The van der Waals surface area contributed by atoms with E-state index in [1.807, 2.05) is 12.1 Å². The summed E-state index contributed by atoms with van der Waals surface area (Å²) in [7, 11) is 0. The maximum Gasteiger partial charge on any atom is 0.120 e. The molecule has 21 heavy (non-hydrogen) atoms. The first-order valence-corrected chi connectivity index (χ1v) is 7.57. The van der Waals surface area contributed by atoms with Crippen molar-refractivity contribution in [2.75, 3.05) is 13.2 Å². The van der Waals surface area contributed by atoms with E-state index in [0.717, 1.165) is 18.1 Å². The van der Waals surface area contributed by atoms with Crippen LogP contribution in [0.1, 0.15) is 49.6 Å². The average molecular weight is 287 g/mol. The van der Waals surface area contributed by atoms with Crippen LogP contribution in [-0.4, -0.2) is 13.2 Å². The number of rotatable bonds is 7. The first kappa shape index (κ1) is 15.6. The highest BCUT2D eigenvalue weighted by atomic mass is 16.5. The molecule has 0 spiro atoms. The molecule has 3 heteroatoms. The lowest BCUT2D eigenvalue weighted by Gasteiger charge is -2.14. The zero-order chi connectivity index (χ0) is 15.2. The van der Waals surface area contributed by atoms with Gasteiger partial charge in [0.05, 0.1) is 12.3 Å². The van der Waals surface area contributed by atoms with E-state index in [2.05, 4.69) is 51.2 Å². The molecule has 0 saturated carbocycles. The molecular formula is C18H25NO2. The number of hydrogen-bond donors (Lipinski definition) is 1. The Morgan fingerprint density at radius 2 is 2.00 bits per heavy atom. The standard InChI is InChI=1S/C18H25NO2/c1-13(2)16-10-14(3)11-17(12-16)20-9-7-19-15(4)18-6-5-8-21-18/h5-6,8,10-13,15,19H,7,9H2,1-4H3. The third-order valence-corrected chi connectivity index (χ3v) is 3.53. The second kappa shape index (κ2) is 7.32. The van der Waals surface area contributed by atoms with Crippen LogP contribution in [0.5, 0.6) is 5.75 Å². The molecule has 0 aliphatic rings. The van der Waals surface area contributed by atoms with Crippen LogP contribution in [0.4, 0.5) is 0 Å².